The monoisotopic (exact) mass is 383 g/mol. The van der Waals surface area contributed by atoms with E-state index in [2.05, 4.69) is 4.98 Å². The second kappa shape index (κ2) is 8.15. The maximum atomic E-state index is 12.6. The second-order valence-electron chi connectivity index (χ2n) is 6.97. The van der Waals surface area contributed by atoms with Crippen molar-refractivity contribution in [3.63, 3.8) is 0 Å². The van der Waals surface area contributed by atoms with E-state index in [0.29, 0.717) is 23.4 Å². The van der Waals surface area contributed by atoms with Crippen molar-refractivity contribution in [2.75, 3.05) is 0 Å². The van der Waals surface area contributed by atoms with Crippen molar-refractivity contribution in [2.24, 2.45) is 0 Å². The first-order valence-corrected chi connectivity index (χ1v) is 9.45. The predicted octanol–water partition coefficient (Wildman–Crippen LogP) is 5.65. The molecule has 4 nitrogen and oxygen atoms in total. The van der Waals surface area contributed by atoms with E-state index in [1.807, 2.05) is 74.5 Å². The third-order valence-electron chi connectivity index (χ3n) is 4.61. The van der Waals surface area contributed by atoms with Gasteiger partial charge < -0.3 is 9.47 Å². The van der Waals surface area contributed by atoms with Crippen LogP contribution in [0.15, 0.2) is 78.9 Å². The predicted molar refractivity (Wildman–Crippen MR) is 113 cm³/mol. The highest BCUT2D eigenvalue weighted by atomic mass is 16.5. The minimum Gasteiger partial charge on any atom is -0.489 e. The topological polar surface area (TPSA) is 48.4 Å². The molecule has 0 spiro atoms. The highest BCUT2D eigenvalue weighted by Gasteiger charge is 2.12. The first-order valence-electron chi connectivity index (χ1n) is 9.45. The number of pyridine rings is 1. The smallest absolute Gasteiger partial charge is 0.343 e. The molecule has 4 aromatic rings. The van der Waals surface area contributed by atoms with Crippen molar-refractivity contribution < 1.29 is 14.3 Å². The van der Waals surface area contributed by atoms with Crippen LogP contribution < -0.4 is 9.47 Å². The molecule has 4 heteroatoms. The van der Waals surface area contributed by atoms with Gasteiger partial charge in [0.25, 0.3) is 0 Å². The number of aromatic nitrogens is 1. The van der Waals surface area contributed by atoms with Gasteiger partial charge in [0.1, 0.15) is 17.9 Å². The summed E-state index contributed by atoms with van der Waals surface area (Å²) >= 11 is 0. The Morgan fingerprint density at radius 1 is 0.897 bits per heavy atom. The van der Waals surface area contributed by atoms with Crippen molar-refractivity contribution in [2.45, 2.75) is 20.5 Å². The normalized spacial score (nSPS) is 10.7. The quantitative estimate of drug-likeness (QED) is 0.330. The first kappa shape index (κ1) is 18.7. The number of rotatable bonds is 5. The molecule has 0 amide bonds. The zero-order valence-corrected chi connectivity index (χ0v) is 16.4. The number of hydrogen-bond acceptors (Lipinski definition) is 4. The molecule has 0 saturated carbocycles. The molecule has 0 radical (unpaired) electrons. The molecule has 3 aromatic carbocycles. The summed E-state index contributed by atoms with van der Waals surface area (Å²) in [5.41, 5.74) is 4.17. The van der Waals surface area contributed by atoms with Crippen LogP contribution in [0.1, 0.15) is 27.2 Å². The highest BCUT2D eigenvalue weighted by Crippen LogP contribution is 2.25. The van der Waals surface area contributed by atoms with Crippen LogP contribution in [0.25, 0.3) is 10.9 Å². The summed E-state index contributed by atoms with van der Waals surface area (Å²) in [7, 11) is 0. The summed E-state index contributed by atoms with van der Waals surface area (Å²) in [5.74, 6) is 0.877. The molecule has 1 aromatic heterocycles. The fourth-order valence-corrected chi connectivity index (χ4v) is 3.07. The summed E-state index contributed by atoms with van der Waals surface area (Å²) in [6.45, 7) is 4.38. The van der Waals surface area contributed by atoms with Gasteiger partial charge in [0, 0.05) is 11.1 Å². The van der Waals surface area contributed by atoms with Crippen LogP contribution in [0.5, 0.6) is 11.5 Å². The lowest BCUT2D eigenvalue weighted by atomic mass is 10.1. The van der Waals surface area contributed by atoms with E-state index in [0.717, 1.165) is 28.0 Å². The van der Waals surface area contributed by atoms with Crippen LogP contribution in [0, 0.1) is 13.8 Å². The van der Waals surface area contributed by atoms with E-state index in [1.165, 1.54) is 0 Å². The Bertz CT molecular complexity index is 1170. The molecule has 1 heterocycles. The van der Waals surface area contributed by atoms with Gasteiger partial charge in [-0.2, -0.15) is 0 Å². The molecule has 29 heavy (non-hydrogen) atoms. The lowest BCUT2D eigenvalue weighted by Crippen LogP contribution is -2.09. The SMILES string of the molecule is Cc1cccc(OCc2ccc(C(=O)Oc3cccc4ccc(C)nc34)cc2)c1. The molecule has 0 unspecified atom stereocenters. The summed E-state index contributed by atoms with van der Waals surface area (Å²) in [5, 5.41) is 0.935. The highest BCUT2D eigenvalue weighted by molar-refractivity contribution is 5.94. The van der Waals surface area contributed by atoms with Crippen molar-refractivity contribution in [3.8, 4) is 11.5 Å². The maximum absolute atomic E-state index is 12.6. The fraction of sp³-hybridized carbons (Fsp3) is 0.120. The number of fused-ring (bicyclic) bond motifs is 1. The minimum atomic E-state index is -0.410. The average Bonchev–Trinajstić information content (AvgIpc) is 2.73. The van der Waals surface area contributed by atoms with Crippen LogP contribution >= 0.6 is 0 Å². The fourth-order valence-electron chi connectivity index (χ4n) is 3.07. The van der Waals surface area contributed by atoms with Gasteiger partial charge in [-0.3, -0.25) is 0 Å². The van der Waals surface area contributed by atoms with Gasteiger partial charge in [-0.15, -0.1) is 0 Å². The minimum absolute atomic E-state index is 0.410. The standard InChI is InChI=1S/C25H21NO3/c1-17-5-3-7-22(15-17)28-16-19-10-13-21(14-11-19)25(27)29-23-8-4-6-20-12-9-18(2)26-24(20)23/h3-15H,16H2,1-2H3. The first-order chi connectivity index (χ1) is 14.1. The van der Waals surface area contributed by atoms with Gasteiger partial charge in [-0.25, -0.2) is 9.78 Å². The van der Waals surface area contributed by atoms with Crippen molar-refractivity contribution in [3.05, 3.63) is 101 Å². The van der Waals surface area contributed by atoms with Gasteiger partial charge in [-0.1, -0.05) is 42.5 Å². The van der Waals surface area contributed by atoms with E-state index < -0.39 is 5.97 Å². The van der Waals surface area contributed by atoms with Crippen molar-refractivity contribution >= 4 is 16.9 Å². The van der Waals surface area contributed by atoms with Gasteiger partial charge in [-0.05, 0) is 61.4 Å². The van der Waals surface area contributed by atoms with E-state index in [-0.39, 0.29) is 0 Å². The third kappa shape index (κ3) is 4.43. The molecule has 0 aliphatic carbocycles. The zero-order valence-electron chi connectivity index (χ0n) is 16.4. The van der Waals surface area contributed by atoms with E-state index in [9.17, 15) is 4.79 Å². The summed E-state index contributed by atoms with van der Waals surface area (Å²) < 4.78 is 11.4. The molecule has 0 N–H and O–H groups in total. The van der Waals surface area contributed by atoms with E-state index in [4.69, 9.17) is 9.47 Å². The average molecular weight is 383 g/mol. The summed E-state index contributed by atoms with van der Waals surface area (Å²) in [6, 6.07) is 24.6. The van der Waals surface area contributed by atoms with Crippen LogP contribution in [-0.4, -0.2) is 11.0 Å². The van der Waals surface area contributed by atoms with Crippen LogP contribution in [0.2, 0.25) is 0 Å². The molecular weight excluding hydrogens is 362 g/mol. The molecule has 0 atom stereocenters. The molecule has 0 fully saturated rings. The number of hydrogen-bond donors (Lipinski definition) is 0. The van der Waals surface area contributed by atoms with E-state index in [1.54, 1.807) is 18.2 Å². The molecule has 144 valence electrons. The number of carbonyl (C=O) groups excluding carboxylic acids is 1. The number of para-hydroxylation sites is 1. The molecule has 0 bridgehead atoms. The van der Waals surface area contributed by atoms with Crippen molar-refractivity contribution in [1.29, 1.82) is 0 Å². The number of benzene rings is 3. The maximum Gasteiger partial charge on any atom is 0.343 e. The van der Waals surface area contributed by atoms with Crippen LogP contribution in [0.3, 0.4) is 0 Å². The Morgan fingerprint density at radius 3 is 2.48 bits per heavy atom. The van der Waals surface area contributed by atoms with Crippen LogP contribution in [0.4, 0.5) is 0 Å². The zero-order chi connectivity index (χ0) is 20.2. The van der Waals surface area contributed by atoms with E-state index >= 15 is 0 Å². The molecule has 0 aliphatic heterocycles. The lowest BCUT2D eigenvalue weighted by molar-refractivity contribution is 0.0736. The second-order valence-corrected chi connectivity index (χ2v) is 6.97. The van der Waals surface area contributed by atoms with Gasteiger partial charge in [0.05, 0.1) is 5.56 Å². The Labute approximate surface area is 169 Å². The molecule has 0 saturated heterocycles. The number of esters is 1. The third-order valence-corrected chi connectivity index (χ3v) is 4.61. The number of carbonyl (C=O) groups is 1. The van der Waals surface area contributed by atoms with Gasteiger partial charge in [0.2, 0.25) is 0 Å². The van der Waals surface area contributed by atoms with Crippen LogP contribution in [-0.2, 0) is 6.61 Å². The summed E-state index contributed by atoms with van der Waals surface area (Å²) in [6.07, 6.45) is 0. The van der Waals surface area contributed by atoms with Gasteiger partial charge in [0.15, 0.2) is 5.75 Å². The molecule has 4 rings (SSSR count). The summed E-state index contributed by atoms with van der Waals surface area (Å²) in [4.78, 5) is 17.1. The molecular formula is C25H21NO3. The Kier molecular flexibility index (Phi) is 5.25. The largest absolute Gasteiger partial charge is 0.489 e. The number of aryl methyl sites for hydroxylation is 2. The molecule has 0 aliphatic rings. The van der Waals surface area contributed by atoms with Gasteiger partial charge >= 0.3 is 5.97 Å². The number of ether oxygens (including phenoxy) is 2. The number of nitrogens with zero attached hydrogens (tertiary/aromatic N) is 1. The Hall–Kier alpha value is -3.66. The lowest BCUT2D eigenvalue weighted by Gasteiger charge is -2.09. The Morgan fingerprint density at radius 2 is 1.69 bits per heavy atom. The van der Waals surface area contributed by atoms with Crippen molar-refractivity contribution in [1.82, 2.24) is 4.98 Å². The Balaban J connectivity index is 1.45.